The predicted molar refractivity (Wildman–Crippen MR) is 86.1 cm³/mol. The van der Waals surface area contributed by atoms with E-state index in [9.17, 15) is 4.39 Å². The van der Waals surface area contributed by atoms with Gasteiger partial charge >= 0.3 is 0 Å². The zero-order valence-corrected chi connectivity index (χ0v) is 13.9. The lowest BCUT2D eigenvalue weighted by Crippen LogP contribution is -2.22. The molecule has 0 saturated carbocycles. The molecule has 0 aliphatic heterocycles. The average Bonchev–Trinajstić information content (AvgIpc) is 2.40. The van der Waals surface area contributed by atoms with Crippen molar-refractivity contribution in [3.8, 4) is 0 Å². The first-order valence-corrected chi connectivity index (χ1v) is 7.71. The van der Waals surface area contributed by atoms with Crippen LogP contribution in [0.3, 0.4) is 0 Å². The molecule has 0 radical (unpaired) electrons. The van der Waals surface area contributed by atoms with Gasteiger partial charge in [-0.15, -0.1) is 0 Å². The monoisotopic (exact) mass is 375 g/mol. The van der Waals surface area contributed by atoms with Gasteiger partial charge in [0.25, 0.3) is 0 Å². The lowest BCUT2D eigenvalue weighted by molar-refractivity contribution is 0.601. The number of halogens is 4. The van der Waals surface area contributed by atoms with E-state index in [1.165, 1.54) is 12.1 Å². The molecular weight excluding hydrogens is 364 g/mol. The maximum atomic E-state index is 13.5. The smallest absolute Gasteiger partial charge is 0.123 e. The number of benzene rings is 2. The number of hydrogen-bond donors (Lipinski definition) is 1. The quantitative estimate of drug-likeness (QED) is 0.732. The Bertz CT molecular complexity index is 619. The van der Waals surface area contributed by atoms with Gasteiger partial charge in [0.05, 0.1) is 6.04 Å². The van der Waals surface area contributed by atoms with Gasteiger partial charge in [0.15, 0.2) is 0 Å². The molecule has 5 heteroatoms. The molecule has 1 N–H and O–H groups in total. The fraction of sp³-hybridized carbons (Fsp3) is 0.200. The van der Waals surface area contributed by atoms with Gasteiger partial charge in [-0.25, -0.2) is 4.39 Å². The Kier molecular flexibility index (Phi) is 5.44. The van der Waals surface area contributed by atoms with Gasteiger partial charge in [-0.2, -0.15) is 0 Å². The van der Waals surface area contributed by atoms with Crippen LogP contribution in [0.1, 0.15) is 24.1 Å². The Morgan fingerprint density at radius 3 is 2.55 bits per heavy atom. The van der Waals surface area contributed by atoms with Gasteiger partial charge < -0.3 is 5.32 Å². The fourth-order valence-electron chi connectivity index (χ4n) is 2.06. The molecule has 1 atom stereocenters. The molecule has 0 fully saturated rings. The second-order valence-corrected chi connectivity index (χ2v) is 6.02. The predicted octanol–water partition coefficient (Wildman–Crippen LogP) is 5.59. The van der Waals surface area contributed by atoms with Crippen molar-refractivity contribution in [1.29, 1.82) is 0 Å². The maximum absolute atomic E-state index is 13.5. The minimum Gasteiger partial charge on any atom is -0.306 e. The highest BCUT2D eigenvalue weighted by Crippen LogP contribution is 2.34. The zero-order chi connectivity index (χ0) is 14.7. The first-order chi connectivity index (χ1) is 9.52. The van der Waals surface area contributed by atoms with Crippen LogP contribution >= 0.6 is 39.1 Å². The highest BCUT2D eigenvalue weighted by atomic mass is 79.9. The molecule has 1 nitrogen and oxygen atoms in total. The molecule has 0 spiro atoms. The lowest BCUT2D eigenvalue weighted by atomic mass is 9.98. The molecule has 106 valence electrons. The van der Waals surface area contributed by atoms with E-state index in [0.717, 1.165) is 22.1 Å². The minimum atomic E-state index is -0.281. The van der Waals surface area contributed by atoms with Crippen LogP contribution in [0.25, 0.3) is 0 Å². The Balaban J connectivity index is 2.53. The molecule has 0 aromatic heterocycles. The summed E-state index contributed by atoms with van der Waals surface area (Å²) in [6, 6.07) is 9.74. The molecule has 1 unspecified atom stereocenters. The molecule has 0 aliphatic rings. The summed E-state index contributed by atoms with van der Waals surface area (Å²) < 4.78 is 14.4. The SMILES string of the molecule is CCNC(c1ccc(Cl)cc1Cl)c1cc(F)ccc1Br. The highest BCUT2D eigenvalue weighted by molar-refractivity contribution is 9.10. The third-order valence-electron chi connectivity index (χ3n) is 2.95. The van der Waals surface area contributed by atoms with E-state index in [4.69, 9.17) is 23.2 Å². The van der Waals surface area contributed by atoms with E-state index < -0.39 is 0 Å². The van der Waals surface area contributed by atoms with Crippen LogP contribution in [0.2, 0.25) is 10.0 Å². The highest BCUT2D eigenvalue weighted by Gasteiger charge is 2.19. The van der Waals surface area contributed by atoms with E-state index in [1.54, 1.807) is 18.2 Å². The van der Waals surface area contributed by atoms with Crippen molar-refractivity contribution in [2.45, 2.75) is 13.0 Å². The molecule has 2 rings (SSSR count). The number of nitrogens with one attached hydrogen (secondary N) is 1. The summed E-state index contributed by atoms with van der Waals surface area (Å²) in [6.45, 7) is 2.72. The summed E-state index contributed by atoms with van der Waals surface area (Å²) in [4.78, 5) is 0. The standard InChI is InChI=1S/C15H13BrCl2FN/c1-2-20-15(11-5-3-9(17)7-14(11)18)12-8-10(19)4-6-13(12)16/h3-8,15,20H,2H2,1H3. The van der Waals surface area contributed by atoms with Gasteiger partial charge in [-0.3, -0.25) is 0 Å². The molecule has 0 amide bonds. The molecule has 2 aromatic rings. The lowest BCUT2D eigenvalue weighted by Gasteiger charge is -2.21. The fourth-order valence-corrected chi connectivity index (χ4v) is 3.06. The van der Waals surface area contributed by atoms with E-state index in [2.05, 4.69) is 21.2 Å². The van der Waals surface area contributed by atoms with Crippen LogP contribution in [0, 0.1) is 5.82 Å². The minimum absolute atomic E-state index is 0.199. The van der Waals surface area contributed by atoms with Gasteiger partial charge in [-0.1, -0.05) is 52.1 Å². The maximum Gasteiger partial charge on any atom is 0.123 e. The summed E-state index contributed by atoms with van der Waals surface area (Å²) in [5, 5.41) is 4.45. The molecule has 0 heterocycles. The van der Waals surface area contributed by atoms with Gasteiger partial charge in [-0.05, 0) is 48.0 Å². The third-order valence-corrected chi connectivity index (χ3v) is 4.24. The van der Waals surface area contributed by atoms with Crippen molar-refractivity contribution >= 4 is 39.1 Å². The van der Waals surface area contributed by atoms with Gasteiger partial charge in [0, 0.05) is 14.5 Å². The molecule has 0 bridgehead atoms. The number of hydrogen-bond acceptors (Lipinski definition) is 1. The van der Waals surface area contributed by atoms with Crippen molar-refractivity contribution in [1.82, 2.24) is 5.32 Å². The number of rotatable bonds is 4. The third kappa shape index (κ3) is 3.53. The van der Waals surface area contributed by atoms with E-state index in [1.807, 2.05) is 13.0 Å². The largest absolute Gasteiger partial charge is 0.306 e. The van der Waals surface area contributed by atoms with Crippen molar-refractivity contribution in [2.75, 3.05) is 6.54 Å². The second kappa shape index (κ2) is 6.90. The van der Waals surface area contributed by atoms with E-state index in [-0.39, 0.29) is 11.9 Å². The molecule has 0 saturated heterocycles. The van der Waals surface area contributed by atoms with Crippen LogP contribution in [0.5, 0.6) is 0 Å². The van der Waals surface area contributed by atoms with Crippen molar-refractivity contribution < 1.29 is 4.39 Å². The van der Waals surface area contributed by atoms with Gasteiger partial charge in [0.1, 0.15) is 5.82 Å². The van der Waals surface area contributed by atoms with Crippen LogP contribution < -0.4 is 5.32 Å². The molecule has 20 heavy (non-hydrogen) atoms. The van der Waals surface area contributed by atoms with Crippen molar-refractivity contribution in [2.24, 2.45) is 0 Å². The summed E-state index contributed by atoms with van der Waals surface area (Å²) in [7, 11) is 0. The molecule has 2 aromatic carbocycles. The summed E-state index contributed by atoms with van der Waals surface area (Å²) >= 11 is 15.7. The average molecular weight is 377 g/mol. The molecular formula is C15H13BrCl2FN. The van der Waals surface area contributed by atoms with E-state index >= 15 is 0 Å². The van der Waals surface area contributed by atoms with Crippen LogP contribution in [0.15, 0.2) is 40.9 Å². The Labute approximate surface area is 136 Å². The normalized spacial score (nSPS) is 12.4. The van der Waals surface area contributed by atoms with Crippen LogP contribution in [-0.2, 0) is 0 Å². The zero-order valence-electron chi connectivity index (χ0n) is 10.8. The second-order valence-electron chi connectivity index (χ2n) is 4.32. The van der Waals surface area contributed by atoms with E-state index in [0.29, 0.717) is 10.0 Å². The van der Waals surface area contributed by atoms with Crippen molar-refractivity contribution in [3.63, 3.8) is 0 Å². The summed E-state index contributed by atoms with van der Waals surface area (Å²) in [6.07, 6.45) is 0. The Morgan fingerprint density at radius 2 is 1.90 bits per heavy atom. The Hall–Kier alpha value is -0.610. The van der Waals surface area contributed by atoms with Crippen molar-refractivity contribution in [3.05, 3.63) is 67.9 Å². The first-order valence-electron chi connectivity index (χ1n) is 6.16. The molecule has 0 aliphatic carbocycles. The van der Waals surface area contributed by atoms with Crippen LogP contribution in [-0.4, -0.2) is 6.54 Å². The topological polar surface area (TPSA) is 12.0 Å². The summed E-state index contributed by atoms with van der Waals surface area (Å²) in [5.41, 5.74) is 1.67. The van der Waals surface area contributed by atoms with Gasteiger partial charge in [0.2, 0.25) is 0 Å². The van der Waals surface area contributed by atoms with Crippen LogP contribution in [0.4, 0.5) is 4.39 Å². The summed E-state index contributed by atoms with van der Waals surface area (Å²) in [5.74, 6) is -0.281. The first kappa shape index (κ1) is 15.8. The Morgan fingerprint density at radius 1 is 1.15 bits per heavy atom.